The Balaban J connectivity index is 0.000000279. The third-order valence-corrected chi connectivity index (χ3v) is 4.92. The van der Waals surface area contributed by atoms with Crippen LogP contribution in [0, 0.1) is 0 Å². The Morgan fingerprint density at radius 2 is 2.00 bits per heavy atom. The molecule has 3 rings (SSSR count). The molecule has 27 heavy (non-hydrogen) atoms. The third-order valence-electron chi connectivity index (χ3n) is 3.86. The van der Waals surface area contributed by atoms with Gasteiger partial charge in [0.15, 0.2) is 0 Å². The molecular formula is C18H24N4O4S. The van der Waals surface area contributed by atoms with Crippen LogP contribution in [0.25, 0.3) is 10.9 Å². The Labute approximate surface area is 161 Å². The quantitative estimate of drug-likeness (QED) is 0.273. The largest absolute Gasteiger partial charge is 0.478 e. The minimum atomic E-state index is -1.26. The van der Waals surface area contributed by atoms with E-state index in [1.807, 2.05) is 11.8 Å². The fourth-order valence-corrected chi connectivity index (χ4v) is 3.47. The van der Waals surface area contributed by atoms with Gasteiger partial charge in [0, 0.05) is 59.5 Å². The lowest BCUT2D eigenvalue weighted by atomic mass is 10.2. The topological polar surface area (TPSA) is 118 Å². The molecule has 9 heteroatoms. The molecule has 5 N–H and O–H groups in total. The van der Waals surface area contributed by atoms with Gasteiger partial charge in [0.25, 0.3) is 0 Å². The Morgan fingerprint density at radius 1 is 1.30 bits per heavy atom. The van der Waals surface area contributed by atoms with Crippen molar-refractivity contribution in [3.63, 3.8) is 0 Å². The zero-order valence-electron chi connectivity index (χ0n) is 15.0. The molecule has 0 radical (unpaired) electrons. The van der Waals surface area contributed by atoms with E-state index in [1.54, 1.807) is 0 Å². The summed E-state index contributed by atoms with van der Waals surface area (Å²) >= 11 is 1.90. The monoisotopic (exact) mass is 392 g/mol. The summed E-state index contributed by atoms with van der Waals surface area (Å²) < 4.78 is 0. The number of para-hydroxylation sites is 1. The predicted octanol–water partition coefficient (Wildman–Crippen LogP) is 1.38. The summed E-state index contributed by atoms with van der Waals surface area (Å²) in [4.78, 5) is 26.1. The van der Waals surface area contributed by atoms with Crippen LogP contribution in [0.2, 0.25) is 0 Å². The van der Waals surface area contributed by atoms with Gasteiger partial charge in [0.2, 0.25) is 0 Å². The molecule has 1 saturated heterocycles. The number of benzene rings is 1. The number of carbonyl (C=O) groups is 2. The van der Waals surface area contributed by atoms with E-state index < -0.39 is 11.9 Å². The fourth-order valence-electron chi connectivity index (χ4n) is 2.55. The van der Waals surface area contributed by atoms with E-state index in [0.717, 1.165) is 25.4 Å². The van der Waals surface area contributed by atoms with Gasteiger partial charge in [-0.25, -0.2) is 9.59 Å². The van der Waals surface area contributed by atoms with Crippen LogP contribution in [-0.2, 0) is 9.59 Å². The maximum absolute atomic E-state index is 9.55. The molecular weight excluding hydrogens is 368 g/mol. The Hall–Kier alpha value is -2.33. The van der Waals surface area contributed by atoms with Crippen molar-refractivity contribution in [1.29, 1.82) is 0 Å². The fraction of sp³-hybridized carbons (Fsp3) is 0.333. The molecule has 1 aliphatic heterocycles. The molecule has 2 heterocycles. The van der Waals surface area contributed by atoms with Gasteiger partial charge >= 0.3 is 11.9 Å². The van der Waals surface area contributed by atoms with Crippen molar-refractivity contribution in [2.24, 2.45) is 0 Å². The van der Waals surface area contributed by atoms with Crippen molar-refractivity contribution in [2.45, 2.75) is 11.2 Å². The van der Waals surface area contributed by atoms with Crippen molar-refractivity contribution in [3.8, 4) is 0 Å². The number of nitrogens with one attached hydrogen (secondary N) is 3. The first-order valence-electron chi connectivity index (χ1n) is 8.47. The lowest BCUT2D eigenvalue weighted by molar-refractivity contribution is -0.134. The highest BCUT2D eigenvalue weighted by Crippen LogP contribution is 2.27. The molecule has 1 aromatic carbocycles. The summed E-state index contributed by atoms with van der Waals surface area (Å²) in [5.74, 6) is -1.44. The van der Waals surface area contributed by atoms with Crippen LogP contribution in [0.5, 0.6) is 0 Å². The highest BCUT2D eigenvalue weighted by atomic mass is 32.2. The Kier molecular flexibility index (Phi) is 8.34. The van der Waals surface area contributed by atoms with E-state index in [9.17, 15) is 9.59 Å². The summed E-state index contributed by atoms with van der Waals surface area (Å²) in [6, 6.07) is 8.45. The lowest BCUT2D eigenvalue weighted by Crippen LogP contribution is -2.46. The molecule has 1 unspecified atom stereocenters. The molecule has 0 spiro atoms. The van der Waals surface area contributed by atoms with Crippen molar-refractivity contribution >= 4 is 34.6 Å². The molecule has 0 amide bonds. The van der Waals surface area contributed by atoms with Crippen LogP contribution >= 0.6 is 11.8 Å². The molecule has 0 aliphatic carbocycles. The number of H-pyrrole nitrogens is 1. The SMILES string of the molecule is CN1CCNC1NCCSc1c[nH]c2ccccc12.O=C(O)/C=C/C(=O)O. The minimum Gasteiger partial charge on any atom is -0.478 e. The first-order valence-corrected chi connectivity index (χ1v) is 9.46. The van der Waals surface area contributed by atoms with Gasteiger partial charge in [-0.15, -0.1) is 11.8 Å². The number of carboxylic acids is 2. The van der Waals surface area contributed by atoms with Crippen LogP contribution in [0.3, 0.4) is 0 Å². The van der Waals surface area contributed by atoms with Gasteiger partial charge in [-0.2, -0.15) is 0 Å². The highest BCUT2D eigenvalue weighted by Gasteiger charge is 2.18. The van der Waals surface area contributed by atoms with E-state index in [0.29, 0.717) is 18.4 Å². The Bertz CT molecular complexity index is 777. The zero-order valence-corrected chi connectivity index (χ0v) is 15.8. The average molecular weight is 392 g/mol. The lowest BCUT2D eigenvalue weighted by Gasteiger charge is -2.20. The predicted molar refractivity (Wildman–Crippen MR) is 106 cm³/mol. The normalized spacial score (nSPS) is 17.1. The smallest absolute Gasteiger partial charge is 0.328 e. The number of aromatic amines is 1. The number of hydrogen-bond donors (Lipinski definition) is 5. The van der Waals surface area contributed by atoms with Gasteiger partial charge in [-0.1, -0.05) is 18.2 Å². The molecule has 146 valence electrons. The molecule has 1 fully saturated rings. The van der Waals surface area contributed by atoms with Crippen molar-refractivity contribution in [1.82, 2.24) is 20.5 Å². The zero-order chi connectivity index (χ0) is 19.6. The number of carboxylic acid groups (broad SMARTS) is 2. The minimum absolute atomic E-state index is 0.337. The van der Waals surface area contributed by atoms with Crippen molar-refractivity contribution < 1.29 is 19.8 Å². The highest BCUT2D eigenvalue weighted by molar-refractivity contribution is 7.99. The van der Waals surface area contributed by atoms with Gasteiger partial charge in [-0.3, -0.25) is 15.5 Å². The Morgan fingerprint density at radius 3 is 2.63 bits per heavy atom. The van der Waals surface area contributed by atoms with E-state index >= 15 is 0 Å². The van der Waals surface area contributed by atoms with Crippen LogP contribution in [-0.4, -0.2) is 70.8 Å². The van der Waals surface area contributed by atoms with E-state index in [-0.39, 0.29) is 0 Å². The van der Waals surface area contributed by atoms with Crippen LogP contribution in [0.4, 0.5) is 0 Å². The number of likely N-dealkylation sites (N-methyl/N-ethyl adjacent to an activating group) is 1. The molecule has 8 nitrogen and oxygen atoms in total. The molecule has 1 aliphatic rings. The van der Waals surface area contributed by atoms with Gasteiger partial charge in [-0.05, 0) is 13.1 Å². The van der Waals surface area contributed by atoms with Gasteiger partial charge < -0.3 is 15.2 Å². The number of thioether (sulfide) groups is 1. The second-order valence-electron chi connectivity index (χ2n) is 5.85. The summed E-state index contributed by atoms with van der Waals surface area (Å²) in [5, 5.41) is 23.9. The summed E-state index contributed by atoms with van der Waals surface area (Å²) in [6.07, 6.45) is 3.56. The van der Waals surface area contributed by atoms with E-state index in [1.165, 1.54) is 15.8 Å². The number of aliphatic carboxylic acids is 2. The maximum atomic E-state index is 9.55. The number of aromatic nitrogens is 1. The number of hydrogen-bond acceptors (Lipinski definition) is 6. The third kappa shape index (κ3) is 7.06. The molecule has 2 aromatic rings. The first-order chi connectivity index (χ1) is 13.0. The second kappa shape index (κ2) is 10.7. The van der Waals surface area contributed by atoms with Crippen LogP contribution in [0.15, 0.2) is 47.5 Å². The molecule has 1 atom stereocenters. The second-order valence-corrected chi connectivity index (χ2v) is 6.98. The van der Waals surface area contributed by atoms with Gasteiger partial charge in [0.05, 0.1) is 0 Å². The molecule has 0 bridgehead atoms. The summed E-state index contributed by atoms with van der Waals surface area (Å²) in [7, 11) is 2.14. The molecule has 1 aromatic heterocycles. The first kappa shape index (κ1) is 21.0. The summed E-state index contributed by atoms with van der Waals surface area (Å²) in [6.45, 7) is 3.20. The molecule has 0 saturated carbocycles. The van der Waals surface area contributed by atoms with Crippen LogP contribution in [0.1, 0.15) is 0 Å². The standard InChI is InChI=1S/C14H20N4S.C4H4O4/c1-18-8-6-15-14(18)16-7-9-19-13-10-17-12-5-3-2-4-11(12)13;5-3(6)1-2-4(7)8/h2-5,10,14-17H,6-9H2,1H3;1-2H,(H,5,6)(H,7,8)/b;2-1+. The van der Waals surface area contributed by atoms with E-state index in [2.05, 4.69) is 58.0 Å². The number of nitrogens with zero attached hydrogens (tertiary/aromatic N) is 1. The van der Waals surface area contributed by atoms with Crippen molar-refractivity contribution in [2.75, 3.05) is 32.4 Å². The van der Waals surface area contributed by atoms with Gasteiger partial charge in [0.1, 0.15) is 6.29 Å². The summed E-state index contributed by atoms with van der Waals surface area (Å²) in [5.41, 5.74) is 1.22. The average Bonchev–Trinajstić information content (AvgIpc) is 3.24. The number of rotatable bonds is 7. The van der Waals surface area contributed by atoms with E-state index in [4.69, 9.17) is 10.2 Å². The maximum Gasteiger partial charge on any atom is 0.328 e. The van der Waals surface area contributed by atoms with Crippen LogP contribution < -0.4 is 10.6 Å². The number of fused-ring (bicyclic) bond motifs is 1. The van der Waals surface area contributed by atoms with Crippen molar-refractivity contribution in [3.05, 3.63) is 42.6 Å².